The smallest absolute Gasteiger partial charge is 0.411 e. The standard InChI is InChI=1S/C21H19N5O2/c22-11-13-10-17-18(23-12-13)26-19(25-17)21(8-1-9-21)14-2-4-15(5-3-14)24-20(27)28-16-6-7-16/h2-5,10,12,16H,1,6-9H2,(H,24,27)(H,23,25,26). The highest BCUT2D eigenvalue weighted by atomic mass is 16.6. The van der Waals surface area contributed by atoms with E-state index in [2.05, 4.69) is 21.4 Å². The van der Waals surface area contributed by atoms with E-state index >= 15 is 0 Å². The molecule has 140 valence electrons. The van der Waals surface area contributed by atoms with Gasteiger partial charge in [0.15, 0.2) is 5.65 Å². The summed E-state index contributed by atoms with van der Waals surface area (Å²) in [6.45, 7) is 0. The Morgan fingerprint density at radius 2 is 2.07 bits per heavy atom. The van der Waals surface area contributed by atoms with Gasteiger partial charge in [-0.1, -0.05) is 18.6 Å². The fourth-order valence-corrected chi connectivity index (χ4v) is 3.73. The van der Waals surface area contributed by atoms with Crippen LogP contribution in [0.5, 0.6) is 0 Å². The number of hydrogen-bond donors (Lipinski definition) is 2. The second kappa shape index (κ2) is 6.34. The molecule has 7 heteroatoms. The minimum Gasteiger partial charge on any atom is -0.446 e. The zero-order valence-corrected chi connectivity index (χ0v) is 15.2. The van der Waals surface area contributed by atoms with Crippen LogP contribution in [0.3, 0.4) is 0 Å². The number of nitrogens with zero attached hydrogens (tertiary/aromatic N) is 3. The Balaban J connectivity index is 1.41. The Hall–Kier alpha value is -3.40. The SMILES string of the molecule is N#Cc1cnc2[nH]c(C3(c4ccc(NC(=O)OC5CC5)cc4)CCC3)nc2c1. The van der Waals surface area contributed by atoms with Gasteiger partial charge < -0.3 is 9.72 Å². The minimum atomic E-state index is -0.398. The molecule has 0 aliphatic heterocycles. The average Bonchev–Trinajstić information content (AvgIpc) is 3.37. The molecule has 2 fully saturated rings. The summed E-state index contributed by atoms with van der Waals surface area (Å²) in [4.78, 5) is 24.2. The number of aromatic amines is 1. The van der Waals surface area contributed by atoms with Crippen molar-refractivity contribution in [3.63, 3.8) is 0 Å². The molecule has 5 rings (SSSR count). The van der Waals surface area contributed by atoms with Crippen molar-refractivity contribution in [2.75, 3.05) is 5.32 Å². The maximum Gasteiger partial charge on any atom is 0.411 e. The number of nitriles is 1. The van der Waals surface area contributed by atoms with Crippen LogP contribution in [0.4, 0.5) is 10.5 Å². The molecule has 2 heterocycles. The number of pyridine rings is 1. The summed E-state index contributed by atoms with van der Waals surface area (Å²) in [5, 5.41) is 11.8. The first-order valence-corrected chi connectivity index (χ1v) is 9.51. The average molecular weight is 373 g/mol. The van der Waals surface area contributed by atoms with Crippen molar-refractivity contribution in [1.29, 1.82) is 5.26 Å². The second-order valence-electron chi connectivity index (χ2n) is 7.53. The Bertz CT molecular complexity index is 1090. The highest BCUT2D eigenvalue weighted by Gasteiger charge is 2.43. The molecule has 2 aliphatic rings. The van der Waals surface area contributed by atoms with Crippen LogP contribution in [0.2, 0.25) is 0 Å². The predicted octanol–water partition coefficient (Wildman–Crippen LogP) is 4.01. The molecular formula is C21H19N5O2. The first-order valence-electron chi connectivity index (χ1n) is 9.51. The lowest BCUT2D eigenvalue weighted by Gasteiger charge is -2.40. The number of imidazole rings is 1. The van der Waals surface area contributed by atoms with Crippen molar-refractivity contribution in [3.05, 3.63) is 53.5 Å². The number of fused-ring (bicyclic) bond motifs is 1. The number of carbonyl (C=O) groups is 1. The van der Waals surface area contributed by atoms with E-state index in [1.54, 1.807) is 12.3 Å². The van der Waals surface area contributed by atoms with Crippen LogP contribution in [0.1, 0.15) is 49.1 Å². The summed E-state index contributed by atoms with van der Waals surface area (Å²) in [6.07, 6.45) is 6.27. The summed E-state index contributed by atoms with van der Waals surface area (Å²) >= 11 is 0. The van der Waals surface area contributed by atoms with E-state index in [-0.39, 0.29) is 11.5 Å². The predicted molar refractivity (Wildman–Crippen MR) is 103 cm³/mol. The van der Waals surface area contributed by atoms with Crippen molar-refractivity contribution in [1.82, 2.24) is 15.0 Å². The zero-order chi connectivity index (χ0) is 19.1. The number of benzene rings is 1. The number of nitrogens with one attached hydrogen (secondary N) is 2. The second-order valence-corrected chi connectivity index (χ2v) is 7.53. The highest BCUT2D eigenvalue weighted by molar-refractivity contribution is 5.84. The van der Waals surface area contributed by atoms with E-state index in [9.17, 15) is 4.79 Å². The molecule has 2 aromatic heterocycles. The summed E-state index contributed by atoms with van der Waals surface area (Å²) in [6, 6.07) is 11.7. The summed E-state index contributed by atoms with van der Waals surface area (Å²) in [5.41, 5.74) is 3.60. The van der Waals surface area contributed by atoms with Gasteiger partial charge in [0.2, 0.25) is 0 Å². The van der Waals surface area contributed by atoms with Gasteiger partial charge in [0.25, 0.3) is 0 Å². The normalized spacial score (nSPS) is 17.5. The number of hydrogen-bond acceptors (Lipinski definition) is 5. The Morgan fingerprint density at radius 1 is 1.29 bits per heavy atom. The quantitative estimate of drug-likeness (QED) is 0.719. The topological polar surface area (TPSA) is 104 Å². The molecule has 0 unspecified atom stereocenters. The number of anilines is 1. The summed E-state index contributed by atoms with van der Waals surface area (Å²) in [5.74, 6) is 0.880. The van der Waals surface area contributed by atoms with E-state index in [0.717, 1.165) is 43.5 Å². The van der Waals surface area contributed by atoms with Crippen LogP contribution in [-0.4, -0.2) is 27.1 Å². The summed E-state index contributed by atoms with van der Waals surface area (Å²) < 4.78 is 5.22. The Labute approximate surface area is 161 Å². The molecule has 0 saturated heterocycles. The van der Waals surface area contributed by atoms with Crippen molar-refractivity contribution >= 4 is 22.9 Å². The van der Waals surface area contributed by atoms with Crippen molar-refractivity contribution in [2.24, 2.45) is 0 Å². The maximum absolute atomic E-state index is 11.8. The lowest BCUT2D eigenvalue weighted by Crippen LogP contribution is -2.36. The third kappa shape index (κ3) is 2.87. The molecule has 2 aliphatic carbocycles. The Morgan fingerprint density at radius 3 is 2.71 bits per heavy atom. The zero-order valence-electron chi connectivity index (χ0n) is 15.2. The van der Waals surface area contributed by atoms with E-state index in [1.807, 2.05) is 24.3 Å². The largest absolute Gasteiger partial charge is 0.446 e. The number of aromatic nitrogens is 3. The van der Waals surface area contributed by atoms with Gasteiger partial charge in [-0.3, -0.25) is 5.32 Å². The number of amides is 1. The van der Waals surface area contributed by atoms with Crippen LogP contribution in [-0.2, 0) is 10.2 Å². The van der Waals surface area contributed by atoms with Crippen LogP contribution in [0.15, 0.2) is 36.5 Å². The van der Waals surface area contributed by atoms with E-state index in [0.29, 0.717) is 22.4 Å². The van der Waals surface area contributed by atoms with Gasteiger partial charge in [0.05, 0.1) is 11.0 Å². The van der Waals surface area contributed by atoms with Gasteiger partial charge in [-0.05, 0) is 49.4 Å². The third-order valence-electron chi connectivity index (χ3n) is 5.61. The molecule has 2 saturated carbocycles. The molecule has 1 amide bonds. The van der Waals surface area contributed by atoms with Gasteiger partial charge in [0, 0.05) is 11.9 Å². The van der Waals surface area contributed by atoms with E-state index < -0.39 is 6.09 Å². The molecule has 0 radical (unpaired) electrons. The molecular weight excluding hydrogens is 354 g/mol. The maximum atomic E-state index is 11.8. The van der Waals surface area contributed by atoms with Crippen molar-refractivity contribution < 1.29 is 9.53 Å². The van der Waals surface area contributed by atoms with Crippen LogP contribution < -0.4 is 5.32 Å². The Kier molecular flexibility index (Phi) is 3.79. The van der Waals surface area contributed by atoms with Crippen LogP contribution in [0, 0.1) is 11.3 Å². The lowest BCUT2D eigenvalue weighted by molar-refractivity contribution is 0.154. The van der Waals surface area contributed by atoms with Crippen LogP contribution in [0.25, 0.3) is 11.2 Å². The summed E-state index contributed by atoms with van der Waals surface area (Å²) in [7, 11) is 0. The molecule has 7 nitrogen and oxygen atoms in total. The molecule has 2 N–H and O–H groups in total. The number of rotatable bonds is 4. The van der Waals surface area contributed by atoms with Gasteiger partial charge in [0.1, 0.15) is 23.5 Å². The highest BCUT2D eigenvalue weighted by Crippen LogP contribution is 2.48. The number of ether oxygens (including phenoxy) is 1. The fourth-order valence-electron chi connectivity index (χ4n) is 3.73. The van der Waals surface area contributed by atoms with Gasteiger partial charge in [-0.15, -0.1) is 0 Å². The third-order valence-corrected chi connectivity index (χ3v) is 5.61. The molecule has 1 aromatic carbocycles. The van der Waals surface area contributed by atoms with Gasteiger partial charge >= 0.3 is 6.09 Å². The van der Waals surface area contributed by atoms with Gasteiger partial charge in [-0.2, -0.15) is 5.26 Å². The fraction of sp³-hybridized carbons (Fsp3) is 0.333. The monoisotopic (exact) mass is 373 g/mol. The number of carbonyl (C=O) groups excluding carboxylic acids is 1. The lowest BCUT2D eigenvalue weighted by atomic mass is 9.64. The molecule has 0 bridgehead atoms. The van der Waals surface area contributed by atoms with E-state index in [1.165, 1.54) is 0 Å². The molecule has 28 heavy (non-hydrogen) atoms. The van der Waals surface area contributed by atoms with Gasteiger partial charge in [-0.25, -0.2) is 14.8 Å². The molecule has 3 aromatic rings. The minimum absolute atomic E-state index is 0.0840. The van der Waals surface area contributed by atoms with E-state index in [4.69, 9.17) is 15.0 Å². The molecule has 0 spiro atoms. The van der Waals surface area contributed by atoms with Crippen LogP contribution >= 0.6 is 0 Å². The first kappa shape index (κ1) is 16.8. The first-order chi connectivity index (χ1) is 13.7. The van der Waals surface area contributed by atoms with Crippen molar-refractivity contribution in [2.45, 2.75) is 43.6 Å². The number of H-pyrrole nitrogens is 1. The van der Waals surface area contributed by atoms with Crippen molar-refractivity contribution in [3.8, 4) is 6.07 Å². The molecule has 0 atom stereocenters.